The first-order chi connectivity index (χ1) is 17.4. The Bertz CT molecular complexity index is 1320. The number of esters is 1. The molecule has 1 aromatic heterocycles. The van der Waals surface area contributed by atoms with E-state index in [1.807, 2.05) is 0 Å². The Morgan fingerprint density at radius 2 is 1.89 bits per heavy atom. The van der Waals surface area contributed by atoms with Gasteiger partial charge in [0.2, 0.25) is 0 Å². The molecular formula is C24H24ClF3N4O5. The fourth-order valence-electron chi connectivity index (χ4n) is 3.71. The fraction of sp³-hybridized carbons (Fsp3) is 0.292. The van der Waals surface area contributed by atoms with Gasteiger partial charge in [-0.15, -0.1) is 0 Å². The van der Waals surface area contributed by atoms with Crippen molar-refractivity contribution in [3.05, 3.63) is 52.2 Å². The summed E-state index contributed by atoms with van der Waals surface area (Å²) in [5.41, 5.74) is 7.00. The van der Waals surface area contributed by atoms with Crippen molar-refractivity contribution in [1.82, 2.24) is 9.78 Å². The second-order valence-electron chi connectivity index (χ2n) is 7.88. The van der Waals surface area contributed by atoms with Crippen LogP contribution in [-0.2, 0) is 11.8 Å². The lowest BCUT2D eigenvalue weighted by Crippen LogP contribution is -2.29. The van der Waals surface area contributed by atoms with Gasteiger partial charge < -0.3 is 25.3 Å². The number of anilines is 1. The molecule has 0 saturated heterocycles. The van der Waals surface area contributed by atoms with Crippen molar-refractivity contribution >= 4 is 29.2 Å². The van der Waals surface area contributed by atoms with Crippen LogP contribution in [0.2, 0.25) is 5.02 Å². The van der Waals surface area contributed by atoms with Crippen molar-refractivity contribution in [1.29, 1.82) is 0 Å². The van der Waals surface area contributed by atoms with Crippen molar-refractivity contribution in [2.45, 2.75) is 20.0 Å². The molecule has 13 heteroatoms. The molecule has 1 heterocycles. The molecule has 37 heavy (non-hydrogen) atoms. The van der Waals surface area contributed by atoms with E-state index in [4.69, 9.17) is 26.8 Å². The Morgan fingerprint density at radius 3 is 2.46 bits per heavy atom. The SMILES string of the molecule is COc1c(C)cc(C(=O)Nc2ccc(OCCN)c(-c3c(Cl)cnn3C)c2)c(OC(=O)C(F)(F)F)c1C. The van der Waals surface area contributed by atoms with Crippen LogP contribution in [0.5, 0.6) is 17.2 Å². The summed E-state index contributed by atoms with van der Waals surface area (Å²) in [4.78, 5) is 24.8. The number of hydrogen-bond acceptors (Lipinski definition) is 7. The number of amides is 1. The molecule has 0 radical (unpaired) electrons. The third-order valence-electron chi connectivity index (χ3n) is 5.28. The van der Waals surface area contributed by atoms with Crippen LogP contribution in [0.15, 0.2) is 30.5 Å². The highest BCUT2D eigenvalue weighted by atomic mass is 35.5. The molecule has 0 atom stereocenters. The van der Waals surface area contributed by atoms with E-state index < -0.39 is 23.8 Å². The van der Waals surface area contributed by atoms with Gasteiger partial charge in [-0.2, -0.15) is 18.3 Å². The predicted octanol–water partition coefficient (Wildman–Crippen LogP) is 4.42. The molecule has 0 aliphatic rings. The van der Waals surface area contributed by atoms with Crippen LogP contribution in [0, 0.1) is 13.8 Å². The van der Waals surface area contributed by atoms with Crippen LogP contribution in [0.25, 0.3) is 11.3 Å². The van der Waals surface area contributed by atoms with Crippen LogP contribution in [-0.4, -0.2) is 48.1 Å². The van der Waals surface area contributed by atoms with E-state index in [1.54, 1.807) is 26.1 Å². The van der Waals surface area contributed by atoms with E-state index >= 15 is 0 Å². The maximum atomic E-state index is 13.2. The zero-order chi connectivity index (χ0) is 27.5. The molecule has 2 aromatic carbocycles. The van der Waals surface area contributed by atoms with Gasteiger partial charge in [-0.1, -0.05) is 11.6 Å². The Balaban J connectivity index is 2.05. The Morgan fingerprint density at radius 1 is 1.19 bits per heavy atom. The molecule has 3 N–H and O–H groups in total. The number of nitrogens with zero attached hydrogens (tertiary/aromatic N) is 2. The second-order valence-corrected chi connectivity index (χ2v) is 8.29. The fourth-order valence-corrected chi connectivity index (χ4v) is 3.98. The summed E-state index contributed by atoms with van der Waals surface area (Å²) in [6.45, 7) is 3.46. The molecule has 0 spiro atoms. The maximum Gasteiger partial charge on any atom is 0.491 e. The van der Waals surface area contributed by atoms with Crippen molar-refractivity contribution in [3.63, 3.8) is 0 Å². The van der Waals surface area contributed by atoms with Crippen LogP contribution in [0.1, 0.15) is 21.5 Å². The molecule has 0 aliphatic heterocycles. The van der Waals surface area contributed by atoms with Gasteiger partial charge in [0.05, 0.1) is 29.6 Å². The van der Waals surface area contributed by atoms with Gasteiger partial charge in [-0.25, -0.2) is 4.79 Å². The molecule has 0 bridgehead atoms. The lowest BCUT2D eigenvalue weighted by Gasteiger charge is -2.18. The minimum atomic E-state index is -5.27. The number of ether oxygens (including phenoxy) is 3. The normalized spacial score (nSPS) is 11.3. The Kier molecular flexibility index (Phi) is 8.34. The number of methoxy groups -OCH3 is 1. The molecule has 3 aromatic rings. The number of hydrogen-bond donors (Lipinski definition) is 2. The topological polar surface area (TPSA) is 118 Å². The van der Waals surface area contributed by atoms with Crippen LogP contribution in [0.4, 0.5) is 18.9 Å². The minimum Gasteiger partial charge on any atom is -0.496 e. The molecule has 0 aliphatic carbocycles. The van der Waals surface area contributed by atoms with Crippen LogP contribution in [0.3, 0.4) is 0 Å². The highest BCUT2D eigenvalue weighted by Gasteiger charge is 2.42. The third kappa shape index (κ3) is 5.97. The van der Waals surface area contributed by atoms with Gasteiger partial charge in [-0.05, 0) is 43.7 Å². The molecular weight excluding hydrogens is 517 g/mol. The van der Waals surface area contributed by atoms with Crippen molar-refractivity contribution < 1.29 is 37.0 Å². The molecule has 1 amide bonds. The number of aryl methyl sites for hydroxylation is 2. The lowest BCUT2D eigenvalue weighted by atomic mass is 10.0. The summed E-state index contributed by atoms with van der Waals surface area (Å²) in [5.74, 6) is -3.26. The standard InChI is InChI=1S/C24H24ClF3N4O5/c1-12-9-16(21(13(2)20(12)35-4)37-23(34)24(26,27)28)22(33)31-14-5-6-18(36-8-7-29)15(10-14)19-17(25)11-30-32(19)3/h5-6,9-11H,7-8,29H2,1-4H3,(H,31,33). The van der Waals surface area contributed by atoms with Crippen molar-refractivity contribution in [2.75, 3.05) is 25.6 Å². The predicted molar refractivity (Wildman–Crippen MR) is 130 cm³/mol. The van der Waals surface area contributed by atoms with Gasteiger partial charge >= 0.3 is 12.1 Å². The number of benzene rings is 2. The maximum absolute atomic E-state index is 13.2. The van der Waals surface area contributed by atoms with Gasteiger partial charge in [0.1, 0.15) is 18.1 Å². The van der Waals surface area contributed by atoms with E-state index in [-0.39, 0.29) is 35.7 Å². The first-order valence-corrected chi connectivity index (χ1v) is 11.2. The molecule has 0 saturated carbocycles. The molecule has 9 nitrogen and oxygen atoms in total. The third-order valence-corrected chi connectivity index (χ3v) is 5.56. The number of rotatable bonds is 8. The zero-order valence-corrected chi connectivity index (χ0v) is 21.1. The molecule has 0 unspecified atom stereocenters. The average Bonchev–Trinajstić information content (AvgIpc) is 3.16. The summed E-state index contributed by atoms with van der Waals surface area (Å²) < 4.78 is 55.8. The number of nitrogens with two attached hydrogens (primary N) is 1. The summed E-state index contributed by atoms with van der Waals surface area (Å²) in [6.07, 6.45) is -3.83. The monoisotopic (exact) mass is 540 g/mol. The quantitative estimate of drug-likeness (QED) is 0.321. The van der Waals surface area contributed by atoms with Gasteiger partial charge in [0.15, 0.2) is 5.75 Å². The zero-order valence-electron chi connectivity index (χ0n) is 20.3. The first-order valence-electron chi connectivity index (χ1n) is 10.8. The number of carbonyl (C=O) groups is 2. The van der Waals surface area contributed by atoms with E-state index in [0.29, 0.717) is 27.6 Å². The van der Waals surface area contributed by atoms with E-state index in [1.165, 1.54) is 37.0 Å². The number of alkyl halides is 3. The van der Waals surface area contributed by atoms with Crippen LogP contribution < -0.4 is 25.3 Å². The highest BCUT2D eigenvalue weighted by Crippen LogP contribution is 2.38. The number of halogens is 4. The smallest absolute Gasteiger partial charge is 0.491 e. The highest BCUT2D eigenvalue weighted by molar-refractivity contribution is 6.33. The Labute approximate surface area is 215 Å². The van der Waals surface area contributed by atoms with E-state index in [0.717, 1.165) is 0 Å². The van der Waals surface area contributed by atoms with E-state index in [2.05, 4.69) is 15.2 Å². The summed E-state index contributed by atoms with van der Waals surface area (Å²) >= 11 is 6.31. The summed E-state index contributed by atoms with van der Waals surface area (Å²) in [5, 5.41) is 7.06. The Hall–Kier alpha value is -3.77. The number of nitrogens with one attached hydrogen (secondary N) is 1. The minimum absolute atomic E-state index is 0.0538. The molecule has 0 fully saturated rings. The van der Waals surface area contributed by atoms with Gasteiger partial charge in [0.25, 0.3) is 5.91 Å². The van der Waals surface area contributed by atoms with E-state index in [9.17, 15) is 22.8 Å². The summed E-state index contributed by atoms with van der Waals surface area (Å²) in [7, 11) is 2.98. The first kappa shape index (κ1) is 27.8. The van der Waals surface area contributed by atoms with Crippen molar-refractivity contribution in [3.8, 4) is 28.5 Å². The average molecular weight is 541 g/mol. The molecule has 198 valence electrons. The molecule has 3 rings (SSSR count). The largest absolute Gasteiger partial charge is 0.496 e. The summed E-state index contributed by atoms with van der Waals surface area (Å²) in [6, 6.07) is 5.95. The lowest BCUT2D eigenvalue weighted by molar-refractivity contribution is -0.189. The van der Waals surface area contributed by atoms with Gasteiger partial charge in [-0.3, -0.25) is 9.48 Å². The number of carbonyl (C=O) groups excluding carboxylic acids is 2. The van der Waals surface area contributed by atoms with Gasteiger partial charge in [0, 0.05) is 30.4 Å². The number of aromatic nitrogens is 2. The van der Waals surface area contributed by atoms with Crippen LogP contribution >= 0.6 is 11.6 Å². The second kappa shape index (κ2) is 11.1. The van der Waals surface area contributed by atoms with Crippen molar-refractivity contribution in [2.24, 2.45) is 12.8 Å².